The molecule has 0 N–H and O–H groups in total. The molecule has 0 saturated carbocycles. The third-order valence-electron chi connectivity index (χ3n) is 5.76. The number of aromatic nitrogens is 1. The lowest BCUT2D eigenvalue weighted by molar-refractivity contribution is -0.151. The summed E-state index contributed by atoms with van der Waals surface area (Å²) in [5.41, 5.74) is 2.51. The van der Waals surface area contributed by atoms with Crippen molar-refractivity contribution in [1.82, 2.24) is 5.16 Å². The number of benzene rings is 1. The van der Waals surface area contributed by atoms with Crippen LogP contribution in [0.1, 0.15) is 113 Å². The molecule has 6 heteroatoms. The molecule has 1 unspecified atom stereocenters. The fourth-order valence-electron chi connectivity index (χ4n) is 4.15. The normalized spacial score (nSPS) is 15.4. The lowest BCUT2D eigenvalue weighted by Crippen LogP contribution is -2.21. The van der Waals surface area contributed by atoms with E-state index < -0.39 is 0 Å². The molecule has 1 heterocycles. The molecule has 1 aliphatic carbocycles. The maximum Gasteiger partial charge on any atom is 0.303 e. The second-order valence-corrected chi connectivity index (χ2v) is 10.7. The first kappa shape index (κ1) is 28.8. The van der Waals surface area contributed by atoms with Crippen LogP contribution < -0.4 is 0 Å². The fraction of sp³-hybridized carbons (Fsp3) is 0.621. The minimum Gasteiger partial charge on any atom is -0.460 e. The van der Waals surface area contributed by atoms with Crippen LogP contribution in [-0.4, -0.2) is 29.1 Å². The molecular formula is C29H43NO5. The molecule has 35 heavy (non-hydrogen) atoms. The molecule has 0 spiro atoms. The number of carbonyl (C=O) groups excluding carboxylic acids is 2. The lowest BCUT2D eigenvalue weighted by Gasteiger charge is -2.20. The molecule has 1 aromatic heterocycles. The highest BCUT2D eigenvalue weighted by Gasteiger charge is 2.32. The van der Waals surface area contributed by atoms with Gasteiger partial charge in [-0.3, -0.25) is 9.59 Å². The summed E-state index contributed by atoms with van der Waals surface area (Å²) in [6.07, 6.45) is 6.48. The molecule has 194 valence electrons. The van der Waals surface area contributed by atoms with Crippen molar-refractivity contribution >= 4 is 11.8 Å². The van der Waals surface area contributed by atoms with Crippen LogP contribution in [0.4, 0.5) is 0 Å². The van der Waals surface area contributed by atoms with Crippen LogP contribution in [0.3, 0.4) is 0 Å². The first-order valence-electron chi connectivity index (χ1n) is 12.9. The number of fused-ring (bicyclic) bond motifs is 1. The van der Waals surface area contributed by atoms with Crippen LogP contribution in [0, 0.1) is 5.92 Å². The first-order valence-corrected chi connectivity index (χ1v) is 12.9. The van der Waals surface area contributed by atoms with E-state index >= 15 is 0 Å². The second-order valence-electron chi connectivity index (χ2n) is 10.7. The smallest absolute Gasteiger partial charge is 0.303 e. The Balaban J connectivity index is 0.000000466. The number of ketones is 1. The SMILES string of the molecule is CC(=O)OC(C)(C)C.CC(C)CCC1CCC(=O)c2c(CCCCOCc3ccccc3)noc21. The van der Waals surface area contributed by atoms with Gasteiger partial charge in [-0.1, -0.05) is 55.8 Å². The quantitative estimate of drug-likeness (QED) is 0.265. The first-order chi connectivity index (χ1) is 16.6. The average Bonchev–Trinajstić information content (AvgIpc) is 3.20. The van der Waals surface area contributed by atoms with Gasteiger partial charge in [0.25, 0.3) is 0 Å². The highest BCUT2D eigenvalue weighted by molar-refractivity contribution is 5.99. The maximum atomic E-state index is 12.4. The minimum absolute atomic E-state index is 0.211. The topological polar surface area (TPSA) is 78.6 Å². The van der Waals surface area contributed by atoms with E-state index in [-0.39, 0.29) is 17.4 Å². The van der Waals surface area contributed by atoms with E-state index in [2.05, 4.69) is 31.1 Å². The summed E-state index contributed by atoms with van der Waals surface area (Å²) >= 11 is 0. The third kappa shape index (κ3) is 10.8. The van der Waals surface area contributed by atoms with Crippen LogP contribution in [0.2, 0.25) is 0 Å². The predicted octanol–water partition coefficient (Wildman–Crippen LogP) is 7.06. The Labute approximate surface area is 210 Å². The zero-order valence-corrected chi connectivity index (χ0v) is 22.4. The van der Waals surface area contributed by atoms with Gasteiger partial charge in [-0.2, -0.15) is 0 Å². The summed E-state index contributed by atoms with van der Waals surface area (Å²) in [7, 11) is 0. The zero-order chi connectivity index (χ0) is 25.8. The largest absolute Gasteiger partial charge is 0.460 e. The number of aryl methyl sites for hydroxylation is 1. The summed E-state index contributed by atoms with van der Waals surface area (Å²) in [5, 5.41) is 4.25. The van der Waals surface area contributed by atoms with Gasteiger partial charge in [0.05, 0.1) is 17.9 Å². The fourth-order valence-corrected chi connectivity index (χ4v) is 4.15. The number of esters is 1. The Bertz CT molecular complexity index is 911. The summed E-state index contributed by atoms with van der Waals surface area (Å²) < 4.78 is 16.2. The van der Waals surface area contributed by atoms with Crippen molar-refractivity contribution in [2.24, 2.45) is 5.92 Å². The minimum atomic E-state index is -0.328. The molecule has 0 bridgehead atoms. The Morgan fingerprint density at radius 1 is 1.17 bits per heavy atom. The monoisotopic (exact) mass is 485 g/mol. The number of Topliss-reactive ketones (excluding diaryl/α,β-unsaturated/α-hetero) is 1. The second kappa shape index (κ2) is 14.2. The van der Waals surface area contributed by atoms with Gasteiger partial charge in [0.15, 0.2) is 11.5 Å². The van der Waals surface area contributed by atoms with E-state index in [9.17, 15) is 9.59 Å². The van der Waals surface area contributed by atoms with Crippen LogP contribution >= 0.6 is 0 Å². The molecule has 0 aliphatic heterocycles. The van der Waals surface area contributed by atoms with Crippen molar-refractivity contribution in [3.05, 3.63) is 52.9 Å². The van der Waals surface area contributed by atoms with E-state index in [4.69, 9.17) is 14.0 Å². The van der Waals surface area contributed by atoms with E-state index in [0.717, 1.165) is 62.1 Å². The Morgan fingerprint density at radius 2 is 1.89 bits per heavy atom. The van der Waals surface area contributed by atoms with E-state index in [1.807, 2.05) is 39.0 Å². The Kier molecular flexibility index (Phi) is 11.7. The maximum absolute atomic E-state index is 12.4. The lowest BCUT2D eigenvalue weighted by atomic mass is 9.82. The van der Waals surface area contributed by atoms with Crippen LogP contribution in [-0.2, 0) is 27.3 Å². The van der Waals surface area contributed by atoms with E-state index in [1.165, 1.54) is 12.5 Å². The molecule has 0 saturated heterocycles. The number of nitrogens with zero attached hydrogens (tertiary/aromatic N) is 1. The van der Waals surface area contributed by atoms with Crippen molar-refractivity contribution in [1.29, 1.82) is 0 Å². The van der Waals surface area contributed by atoms with Gasteiger partial charge in [-0.15, -0.1) is 0 Å². The van der Waals surface area contributed by atoms with Crippen molar-refractivity contribution in [3.63, 3.8) is 0 Å². The van der Waals surface area contributed by atoms with Crippen LogP contribution in [0.15, 0.2) is 34.9 Å². The molecule has 0 fully saturated rings. The van der Waals surface area contributed by atoms with Crippen LogP contribution in [0.5, 0.6) is 0 Å². The summed E-state index contributed by atoms with van der Waals surface area (Å²) in [6.45, 7) is 12.8. The number of hydrogen-bond acceptors (Lipinski definition) is 6. The Morgan fingerprint density at radius 3 is 2.49 bits per heavy atom. The summed E-state index contributed by atoms with van der Waals surface area (Å²) in [4.78, 5) is 22.7. The molecule has 0 radical (unpaired) electrons. The van der Waals surface area contributed by atoms with E-state index in [1.54, 1.807) is 0 Å². The molecule has 1 aliphatic rings. The molecule has 6 nitrogen and oxygen atoms in total. The highest BCUT2D eigenvalue weighted by atomic mass is 16.6. The van der Waals surface area contributed by atoms with Gasteiger partial charge in [-0.05, 0) is 64.4 Å². The van der Waals surface area contributed by atoms with Gasteiger partial charge >= 0.3 is 5.97 Å². The third-order valence-corrected chi connectivity index (χ3v) is 5.76. The van der Waals surface area contributed by atoms with Gasteiger partial charge in [0.1, 0.15) is 5.60 Å². The molecule has 0 amide bonds. The zero-order valence-electron chi connectivity index (χ0n) is 22.4. The molecule has 1 aromatic carbocycles. The van der Waals surface area contributed by atoms with E-state index in [0.29, 0.717) is 24.9 Å². The number of ether oxygens (including phenoxy) is 2. The molecule has 2 aromatic rings. The average molecular weight is 486 g/mol. The Hall–Kier alpha value is -2.47. The predicted molar refractivity (Wildman–Crippen MR) is 137 cm³/mol. The van der Waals surface area contributed by atoms with Crippen molar-refractivity contribution in [2.45, 2.75) is 105 Å². The number of rotatable bonds is 10. The van der Waals surface area contributed by atoms with Gasteiger partial charge in [0.2, 0.25) is 0 Å². The summed E-state index contributed by atoms with van der Waals surface area (Å²) in [5.74, 6) is 1.86. The van der Waals surface area contributed by atoms with Gasteiger partial charge in [-0.25, -0.2) is 0 Å². The van der Waals surface area contributed by atoms with Crippen molar-refractivity contribution < 1.29 is 23.6 Å². The molecular weight excluding hydrogens is 442 g/mol. The van der Waals surface area contributed by atoms with Crippen LogP contribution in [0.25, 0.3) is 0 Å². The number of hydrogen-bond donors (Lipinski definition) is 0. The highest BCUT2D eigenvalue weighted by Crippen LogP contribution is 2.37. The standard InChI is InChI=1S/C23H31NO3.C6H12O2/c1-17(2)11-12-19-13-14-21(25)22-20(24-27-23(19)22)10-6-7-15-26-16-18-8-4-3-5-9-18;1-5(7)8-6(2,3)4/h3-5,8-9,17,19H,6-7,10-16H2,1-2H3;1-4H3. The molecule has 3 rings (SSSR count). The summed E-state index contributed by atoms with van der Waals surface area (Å²) in [6, 6.07) is 10.2. The van der Waals surface area contributed by atoms with Crippen molar-refractivity contribution in [3.8, 4) is 0 Å². The van der Waals surface area contributed by atoms with Crippen molar-refractivity contribution in [2.75, 3.05) is 6.61 Å². The molecule has 1 atom stereocenters. The van der Waals surface area contributed by atoms with Gasteiger partial charge in [0, 0.05) is 25.9 Å². The number of carbonyl (C=O) groups is 2. The van der Waals surface area contributed by atoms with Gasteiger partial charge < -0.3 is 14.0 Å². The number of unbranched alkanes of at least 4 members (excludes halogenated alkanes) is 1.